The van der Waals surface area contributed by atoms with Gasteiger partial charge in [-0.15, -0.1) is 0 Å². The summed E-state index contributed by atoms with van der Waals surface area (Å²) in [6.45, 7) is 4.55. The number of hydrogen-bond donors (Lipinski definition) is 4. The second-order valence-electron chi connectivity index (χ2n) is 9.68. The molecule has 0 aliphatic heterocycles. The van der Waals surface area contributed by atoms with E-state index >= 15 is 0 Å². The lowest BCUT2D eigenvalue weighted by Gasteiger charge is -2.38. The predicted octanol–water partition coefficient (Wildman–Crippen LogP) is 2.47. The standard InChI is InChI=1S/C26H33F3N4O4/c1-15(2)20(22(34)26(27,28)29)32-24(36)21(25(3)10-8-18(37-4)9-11-25)33-23(35)19(31)13-16-6-5-7-17(12-16)14-30/h5-10,12,15,19-22,34H,11,13,31H2,1-4H3,(H,32,36)(H,33,35)/t19-,20-,21+,22-,25?/m0/s1. The average Bonchev–Trinajstić information content (AvgIpc) is 2.84. The molecule has 1 unspecified atom stereocenters. The van der Waals surface area contributed by atoms with E-state index in [1.54, 1.807) is 49.4 Å². The minimum Gasteiger partial charge on any atom is -0.497 e. The van der Waals surface area contributed by atoms with Gasteiger partial charge in [-0.05, 0) is 48.6 Å². The Bertz CT molecular complexity index is 1080. The number of alkyl halides is 3. The summed E-state index contributed by atoms with van der Waals surface area (Å²) in [5.41, 5.74) is 6.09. The van der Waals surface area contributed by atoms with Crippen LogP contribution in [0.5, 0.6) is 0 Å². The minimum atomic E-state index is -4.95. The van der Waals surface area contributed by atoms with E-state index in [9.17, 15) is 27.9 Å². The molecular weight excluding hydrogens is 489 g/mol. The van der Waals surface area contributed by atoms with Crippen LogP contribution in [0.1, 0.15) is 38.3 Å². The smallest absolute Gasteiger partial charge is 0.416 e. The summed E-state index contributed by atoms with van der Waals surface area (Å²) in [6.07, 6.45) is -2.50. The van der Waals surface area contributed by atoms with Crippen LogP contribution in [-0.2, 0) is 20.7 Å². The third-order valence-corrected chi connectivity index (χ3v) is 6.37. The number of halogens is 3. The van der Waals surface area contributed by atoms with Gasteiger partial charge in [-0.2, -0.15) is 18.4 Å². The molecule has 0 saturated heterocycles. The zero-order chi connectivity index (χ0) is 28.0. The fourth-order valence-electron chi connectivity index (χ4n) is 4.05. The molecule has 1 aromatic rings. The van der Waals surface area contributed by atoms with Crippen LogP contribution in [0.2, 0.25) is 0 Å². The summed E-state index contributed by atoms with van der Waals surface area (Å²) in [4.78, 5) is 26.4. The normalized spacial score (nSPS) is 20.7. The first-order valence-corrected chi connectivity index (χ1v) is 11.8. The summed E-state index contributed by atoms with van der Waals surface area (Å²) >= 11 is 0. The first kappa shape index (κ1) is 29.9. The van der Waals surface area contributed by atoms with Gasteiger partial charge in [0, 0.05) is 5.41 Å². The lowest BCUT2D eigenvalue weighted by Crippen LogP contribution is -2.62. The largest absolute Gasteiger partial charge is 0.497 e. The molecule has 0 bridgehead atoms. The van der Waals surface area contributed by atoms with Crippen LogP contribution in [0.25, 0.3) is 0 Å². The van der Waals surface area contributed by atoms with Gasteiger partial charge < -0.3 is 26.2 Å². The number of rotatable bonds is 10. The number of methoxy groups -OCH3 is 1. The topological polar surface area (TPSA) is 137 Å². The molecule has 5 N–H and O–H groups in total. The Morgan fingerprint density at radius 1 is 1.27 bits per heavy atom. The fraction of sp³-hybridized carbons (Fsp3) is 0.500. The van der Waals surface area contributed by atoms with E-state index in [1.807, 2.05) is 6.07 Å². The summed E-state index contributed by atoms with van der Waals surface area (Å²) < 4.78 is 45.0. The Labute approximate surface area is 214 Å². The second kappa shape index (κ2) is 12.3. The van der Waals surface area contributed by atoms with Crippen LogP contribution < -0.4 is 16.4 Å². The van der Waals surface area contributed by atoms with E-state index in [1.165, 1.54) is 21.0 Å². The number of allylic oxidation sites excluding steroid dienone is 2. The number of carbonyl (C=O) groups excluding carboxylic acids is 2. The number of ether oxygens (including phenoxy) is 1. The molecule has 0 fully saturated rings. The van der Waals surface area contributed by atoms with Crippen molar-refractivity contribution in [3.8, 4) is 6.07 Å². The SMILES string of the molecule is COC1=CCC(C)([C@H](NC(=O)[C@@H](N)Cc2cccc(C#N)c2)C(=O)N[C@@H](C(C)C)[C@H](O)C(F)(F)F)C=C1. The Morgan fingerprint density at radius 2 is 1.95 bits per heavy atom. The zero-order valence-electron chi connectivity index (χ0n) is 21.2. The van der Waals surface area contributed by atoms with Crippen molar-refractivity contribution in [3.05, 3.63) is 59.4 Å². The molecule has 202 valence electrons. The van der Waals surface area contributed by atoms with Crippen molar-refractivity contribution in [1.29, 1.82) is 5.26 Å². The van der Waals surface area contributed by atoms with E-state index in [2.05, 4.69) is 10.6 Å². The van der Waals surface area contributed by atoms with Crippen LogP contribution >= 0.6 is 0 Å². The summed E-state index contributed by atoms with van der Waals surface area (Å²) in [7, 11) is 1.47. The number of amides is 2. The number of carbonyl (C=O) groups is 2. The summed E-state index contributed by atoms with van der Waals surface area (Å²) in [5, 5.41) is 23.8. The molecule has 0 spiro atoms. The highest BCUT2D eigenvalue weighted by molar-refractivity contribution is 5.91. The average molecular weight is 523 g/mol. The summed E-state index contributed by atoms with van der Waals surface area (Å²) in [6, 6.07) is 4.49. The number of nitrogens with two attached hydrogens (primary N) is 1. The van der Waals surface area contributed by atoms with Crippen LogP contribution in [0.3, 0.4) is 0 Å². The molecule has 2 rings (SSSR count). The van der Waals surface area contributed by atoms with Crippen molar-refractivity contribution in [2.45, 2.75) is 64.0 Å². The number of benzene rings is 1. The van der Waals surface area contributed by atoms with Gasteiger partial charge in [0.25, 0.3) is 0 Å². The van der Waals surface area contributed by atoms with Crippen molar-refractivity contribution in [1.82, 2.24) is 10.6 Å². The van der Waals surface area contributed by atoms with E-state index < -0.39 is 53.6 Å². The highest BCUT2D eigenvalue weighted by atomic mass is 19.4. The van der Waals surface area contributed by atoms with Crippen LogP contribution in [0, 0.1) is 22.7 Å². The van der Waals surface area contributed by atoms with Gasteiger partial charge in [-0.1, -0.05) is 39.0 Å². The van der Waals surface area contributed by atoms with Crippen LogP contribution in [-0.4, -0.2) is 54.4 Å². The molecule has 1 aliphatic rings. The number of aliphatic hydroxyl groups excluding tert-OH is 1. The first-order valence-electron chi connectivity index (χ1n) is 11.8. The number of hydrogen-bond acceptors (Lipinski definition) is 6. The maximum Gasteiger partial charge on any atom is 0.416 e. The molecule has 5 atom stereocenters. The Morgan fingerprint density at radius 3 is 2.46 bits per heavy atom. The highest BCUT2D eigenvalue weighted by Gasteiger charge is 2.47. The van der Waals surface area contributed by atoms with Gasteiger partial charge >= 0.3 is 6.18 Å². The van der Waals surface area contributed by atoms with Gasteiger partial charge in [0.05, 0.1) is 30.8 Å². The predicted molar refractivity (Wildman–Crippen MR) is 131 cm³/mol. The maximum atomic E-state index is 13.4. The molecule has 2 amide bonds. The number of nitriles is 1. The third-order valence-electron chi connectivity index (χ3n) is 6.37. The van der Waals surface area contributed by atoms with E-state index in [-0.39, 0.29) is 12.8 Å². The molecule has 11 heteroatoms. The zero-order valence-corrected chi connectivity index (χ0v) is 21.2. The van der Waals surface area contributed by atoms with Crippen LogP contribution in [0.15, 0.2) is 48.3 Å². The van der Waals surface area contributed by atoms with Gasteiger partial charge in [0.15, 0.2) is 6.10 Å². The van der Waals surface area contributed by atoms with Crippen molar-refractivity contribution in [3.63, 3.8) is 0 Å². The van der Waals surface area contributed by atoms with Gasteiger partial charge in [0.1, 0.15) is 11.8 Å². The molecule has 0 heterocycles. The van der Waals surface area contributed by atoms with Crippen molar-refractivity contribution < 1.29 is 32.6 Å². The van der Waals surface area contributed by atoms with Crippen LogP contribution in [0.4, 0.5) is 13.2 Å². The first-order chi connectivity index (χ1) is 17.2. The van der Waals surface area contributed by atoms with E-state index in [0.29, 0.717) is 16.9 Å². The number of nitrogens with zero attached hydrogens (tertiary/aromatic N) is 1. The molecule has 1 aliphatic carbocycles. The molecular formula is C26H33F3N4O4. The molecule has 37 heavy (non-hydrogen) atoms. The third kappa shape index (κ3) is 7.81. The van der Waals surface area contributed by atoms with Gasteiger partial charge in [-0.25, -0.2) is 0 Å². The van der Waals surface area contributed by atoms with Crippen molar-refractivity contribution in [2.24, 2.45) is 17.1 Å². The number of nitrogens with one attached hydrogen (secondary N) is 2. The van der Waals surface area contributed by atoms with Crippen molar-refractivity contribution >= 4 is 11.8 Å². The van der Waals surface area contributed by atoms with Gasteiger partial charge in [-0.3, -0.25) is 9.59 Å². The molecule has 0 saturated carbocycles. The molecule has 0 radical (unpaired) electrons. The Hall–Kier alpha value is -3.36. The maximum absolute atomic E-state index is 13.4. The molecule has 1 aromatic carbocycles. The lowest BCUT2D eigenvalue weighted by molar-refractivity contribution is -0.215. The number of aliphatic hydroxyl groups is 1. The minimum absolute atomic E-state index is 0.0668. The monoisotopic (exact) mass is 522 g/mol. The summed E-state index contributed by atoms with van der Waals surface area (Å²) in [5.74, 6) is -1.82. The Balaban J connectivity index is 2.31. The fourth-order valence-corrected chi connectivity index (χ4v) is 4.05. The highest BCUT2D eigenvalue weighted by Crippen LogP contribution is 2.34. The Kier molecular flexibility index (Phi) is 9.89. The van der Waals surface area contributed by atoms with E-state index in [4.69, 9.17) is 15.7 Å². The van der Waals surface area contributed by atoms with Gasteiger partial charge in [0.2, 0.25) is 11.8 Å². The molecule has 8 nitrogen and oxygen atoms in total. The van der Waals surface area contributed by atoms with Crippen molar-refractivity contribution in [2.75, 3.05) is 7.11 Å². The lowest BCUT2D eigenvalue weighted by atomic mass is 9.75. The van der Waals surface area contributed by atoms with E-state index in [0.717, 1.165) is 0 Å². The molecule has 0 aromatic heterocycles. The second-order valence-corrected chi connectivity index (χ2v) is 9.68. The quantitative estimate of drug-likeness (QED) is 0.373.